The fourth-order valence-corrected chi connectivity index (χ4v) is 4.12. The van der Waals surface area contributed by atoms with Gasteiger partial charge in [-0.15, -0.1) is 0 Å². The highest BCUT2D eigenvalue weighted by molar-refractivity contribution is 7.92. The third-order valence-corrected chi connectivity index (χ3v) is 6.39. The minimum absolute atomic E-state index is 0.0175. The van der Waals surface area contributed by atoms with Crippen LogP contribution in [0.2, 0.25) is 0 Å². The van der Waals surface area contributed by atoms with E-state index >= 15 is 0 Å². The topological polar surface area (TPSA) is 95.6 Å². The van der Waals surface area contributed by atoms with Crippen molar-refractivity contribution in [2.45, 2.75) is 4.90 Å². The molecule has 7 nitrogen and oxygen atoms in total. The Morgan fingerprint density at radius 2 is 1.26 bits per heavy atom. The van der Waals surface area contributed by atoms with Gasteiger partial charge in [0.1, 0.15) is 0 Å². The molecule has 0 aliphatic carbocycles. The smallest absolute Gasteiger partial charge is 0.264 e. The Kier molecular flexibility index (Phi) is 7.04. The van der Waals surface area contributed by atoms with Gasteiger partial charge in [-0.1, -0.05) is 42.5 Å². The van der Waals surface area contributed by atoms with E-state index in [1.54, 1.807) is 60.7 Å². The van der Waals surface area contributed by atoms with Crippen molar-refractivity contribution in [2.24, 2.45) is 0 Å². The number of benzene rings is 3. The molecule has 0 aromatic heterocycles. The lowest BCUT2D eigenvalue weighted by Crippen LogP contribution is -2.34. The molecule has 8 heteroatoms. The molecule has 0 radical (unpaired) electrons. The van der Waals surface area contributed by atoms with Gasteiger partial charge in [-0.3, -0.25) is 13.9 Å². The van der Waals surface area contributed by atoms with E-state index < -0.39 is 15.9 Å². The summed E-state index contributed by atoms with van der Waals surface area (Å²) in [6.07, 6.45) is 0. The lowest BCUT2D eigenvalue weighted by Gasteiger charge is -2.19. The van der Waals surface area contributed by atoms with Crippen LogP contribution in [0, 0.1) is 0 Å². The first-order valence-corrected chi connectivity index (χ1v) is 11.1. The van der Waals surface area contributed by atoms with Crippen LogP contribution < -0.4 is 14.9 Å². The van der Waals surface area contributed by atoms with Crippen LogP contribution in [0.5, 0.6) is 0 Å². The number of carbonyl (C=O) groups excluding carboxylic acids is 2. The molecular formula is C23H23N3O4S. The molecule has 0 unspecified atom stereocenters. The van der Waals surface area contributed by atoms with Crippen LogP contribution in [0.15, 0.2) is 89.8 Å². The molecule has 2 N–H and O–H groups in total. The summed E-state index contributed by atoms with van der Waals surface area (Å²) in [6, 6.07) is 23.3. The molecule has 3 aromatic rings. The summed E-state index contributed by atoms with van der Waals surface area (Å²) < 4.78 is 27.0. The number of rotatable bonds is 8. The number of sulfonamides is 1. The zero-order valence-corrected chi connectivity index (χ0v) is 17.8. The third kappa shape index (κ3) is 5.49. The van der Waals surface area contributed by atoms with Crippen LogP contribution in [0.1, 0.15) is 20.7 Å². The molecule has 0 aliphatic rings. The SMILES string of the molecule is CN(c1ccccc1)S(=O)(=O)c1cccc(C(=O)NCCNC(=O)c2ccccc2)c1. The lowest BCUT2D eigenvalue weighted by molar-refractivity contribution is 0.0927. The number of hydrogen-bond donors (Lipinski definition) is 2. The van der Waals surface area contributed by atoms with Crippen LogP contribution in [-0.2, 0) is 10.0 Å². The molecular weight excluding hydrogens is 414 g/mol. The Hall–Kier alpha value is -3.65. The van der Waals surface area contributed by atoms with Gasteiger partial charge in [0, 0.05) is 31.3 Å². The van der Waals surface area contributed by atoms with Gasteiger partial charge in [-0.2, -0.15) is 0 Å². The Labute approximate surface area is 181 Å². The highest BCUT2D eigenvalue weighted by atomic mass is 32.2. The van der Waals surface area contributed by atoms with Gasteiger partial charge in [-0.25, -0.2) is 8.42 Å². The normalized spacial score (nSPS) is 10.9. The van der Waals surface area contributed by atoms with Crippen LogP contribution in [0.3, 0.4) is 0 Å². The molecule has 0 saturated heterocycles. The van der Waals surface area contributed by atoms with Crippen LogP contribution in [0.4, 0.5) is 5.69 Å². The summed E-state index contributed by atoms with van der Waals surface area (Å²) >= 11 is 0. The van der Waals surface area contributed by atoms with Crippen molar-refractivity contribution >= 4 is 27.5 Å². The molecule has 2 amide bonds. The highest BCUT2D eigenvalue weighted by Gasteiger charge is 2.22. The second-order valence-corrected chi connectivity index (χ2v) is 8.68. The number of carbonyl (C=O) groups is 2. The maximum absolute atomic E-state index is 12.9. The van der Waals surface area contributed by atoms with E-state index in [1.807, 2.05) is 6.07 Å². The first-order valence-electron chi connectivity index (χ1n) is 9.65. The second-order valence-electron chi connectivity index (χ2n) is 6.71. The average Bonchev–Trinajstić information content (AvgIpc) is 2.82. The Morgan fingerprint density at radius 1 is 0.742 bits per heavy atom. The zero-order chi connectivity index (χ0) is 22.3. The molecule has 0 heterocycles. The number of hydrogen-bond acceptors (Lipinski definition) is 4. The molecule has 31 heavy (non-hydrogen) atoms. The van der Waals surface area contributed by atoms with Crippen molar-refractivity contribution < 1.29 is 18.0 Å². The van der Waals surface area contributed by atoms with Crippen molar-refractivity contribution in [3.8, 4) is 0 Å². The molecule has 0 saturated carbocycles. The van der Waals surface area contributed by atoms with Crippen molar-refractivity contribution in [1.82, 2.24) is 10.6 Å². The van der Waals surface area contributed by atoms with Gasteiger partial charge in [0.05, 0.1) is 10.6 Å². The summed E-state index contributed by atoms with van der Waals surface area (Å²) in [5.74, 6) is -0.653. The van der Waals surface area contributed by atoms with Crippen molar-refractivity contribution in [3.05, 3.63) is 96.1 Å². The Balaban J connectivity index is 1.60. The van der Waals surface area contributed by atoms with Crippen LogP contribution in [-0.4, -0.2) is 40.4 Å². The molecule has 0 aliphatic heterocycles. The van der Waals surface area contributed by atoms with Crippen molar-refractivity contribution in [1.29, 1.82) is 0 Å². The quantitative estimate of drug-likeness (QED) is 0.530. The second kappa shape index (κ2) is 9.90. The molecule has 0 fully saturated rings. The van der Waals surface area contributed by atoms with E-state index in [0.29, 0.717) is 11.3 Å². The fourth-order valence-electron chi connectivity index (χ4n) is 2.88. The van der Waals surface area contributed by atoms with Crippen molar-refractivity contribution in [2.75, 3.05) is 24.4 Å². The highest BCUT2D eigenvalue weighted by Crippen LogP contribution is 2.22. The number of para-hydroxylation sites is 1. The summed E-state index contributed by atoms with van der Waals surface area (Å²) in [5.41, 5.74) is 1.28. The number of nitrogens with one attached hydrogen (secondary N) is 2. The standard InChI is InChI=1S/C23H23N3O4S/c1-26(20-12-6-3-7-13-20)31(29,30)21-14-8-11-19(17-21)23(28)25-16-15-24-22(27)18-9-4-2-5-10-18/h2-14,17H,15-16H2,1H3,(H,24,27)(H,25,28). The van der Waals surface area contributed by atoms with Gasteiger partial charge >= 0.3 is 0 Å². The van der Waals surface area contributed by atoms with E-state index in [0.717, 1.165) is 0 Å². The van der Waals surface area contributed by atoms with Gasteiger partial charge < -0.3 is 10.6 Å². The third-order valence-electron chi connectivity index (χ3n) is 4.61. The van der Waals surface area contributed by atoms with Gasteiger partial charge in [-0.05, 0) is 42.5 Å². The van der Waals surface area contributed by atoms with Crippen LogP contribution >= 0.6 is 0 Å². The summed E-state index contributed by atoms with van der Waals surface area (Å²) in [5, 5.41) is 5.40. The molecule has 3 aromatic carbocycles. The monoisotopic (exact) mass is 437 g/mol. The molecule has 3 rings (SSSR count). The average molecular weight is 438 g/mol. The largest absolute Gasteiger partial charge is 0.350 e. The van der Waals surface area contributed by atoms with Gasteiger partial charge in [0.15, 0.2) is 0 Å². The molecule has 0 spiro atoms. The van der Waals surface area contributed by atoms with E-state index in [4.69, 9.17) is 0 Å². The molecule has 0 atom stereocenters. The minimum atomic E-state index is -3.82. The van der Waals surface area contributed by atoms with E-state index in [-0.39, 0.29) is 29.5 Å². The minimum Gasteiger partial charge on any atom is -0.350 e. The summed E-state index contributed by atoms with van der Waals surface area (Å²) in [4.78, 5) is 24.5. The molecule has 160 valence electrons. The summed E-state index contributed by atoms with van der Waals surface area (Å²) in [6.45, 7) is 0.451. The molecule has 0 bridgehead atoms. The lowest BCUT2D eigenvalue weighted by atomic mass is 10.2. The maximum atomic E-state index is 12.9. The van der Waals surface area contributed by atoms with Crippen LogP contribution in [0.25, 0.3) is 0 Å². The first-order chi connectivity index (χ1) is 14.9. The predicted molar refractivity (Wildman–Crippen MR) is 120 cm³/mol. The van der Waals surface area contributed by atoms with E-state index in [2.05, 4.69) is 10.6 Å². The van der Waals surface area contributed by atoms with E-state index in [1.165, 1.54) is 29.6 Å². The fraction of sp³-hybridized carbons (Fsp3) is 0.130. The number of amides is 2. The van der Waals surface area contributed by atoms with E-state index in [9.17, 15) is 18.0 Å². The summed E-state index contributed by atoms with van der Waals surface area (Å²) in [7, 11) is -2.35. The predicted octanol–water partition coefficient (Wildman–Crippen LogP) is 2.67. The van der Waals surface area contributed by atoms with Crippen molar-refractivity contribution in [3.63, 3.8) is 0 Å². The Bertz CT molecular complexity index is 1150. The first kappa shape index (κ1) is 22.0. The van der Waals surface area contributed by atoms with Gasteiger partial charge in [0.25, 0.3) is 21.8 Å². The number of nitrogens with zero attached hydrogens (tertiary/aromatic N) is 1. The maximum Gasteiger partial charge on any atom is 0.264 e. The zero-order valence-electron chi connectivity index (χ0n) is 17.0. The number of anilines is 1. The van der Waals surface area contributed by atoms with Gasteiger partial charge in [0.2, 0.25) is 0 Å². The Morgan fingerprint density at radius 3 is 1.87 bits per heavy atom.